The number of carbonyl (C=O) groups is 1. The van der Waals surface area contributed by atoms with Gasteiger partial charge >= 0.3 is 5.97 Å². The fourth-order valence-corrected chi connectivity index (χ4v) is 0.793. The van der Waals surface area contributed by atoms with Crippen LogP contribution in [0.25, 0.3) is 0 Å². The molecule has 2 nitrogen and oxygen atoms in total. The van der Waals surface area contributed by atoms with Crippen molar-refractivity contribution in [1.82, 2.24) is 0 Å². The Bertz CT molecular complexity index is 172. The van der Waals surface area contributed by atoms with Gasteiger partial charge in [-0.25, -0.2) is 0 Å². The molecule has 1 aliphatic carbocycles. The number of carbonyl (C=O) groups excluding carboxylic acids is 1. The van der Waals surface area contributed by atoms with Gasteiger partial charge in [0.25, 0.3) is 0 Å². The first-order valence-electron chi connectivity index (χ1n) is 4.07. The van der Waals surface area contributed by atoms with E-state index < -0.39 is 0 Å². The molecule has 1 saturated carbocycles. The Hall–Kier alpha value is -0.530. The third-order valence-corrected chi connectivity index (χ3v) is 1.89. The van der Waals surface area contributed by atoms with Crippen molar-refractivity contribution >= 4 is 5.97 Å². The lowest BCUT2D eigenvalue weighted by Gasteiger charge is -2.21. The zero-order chi connectivity index (χ0) is 8.70. The van der Waals surface area contributed by atoms with Gasteiger partial charge < -0.3 is 4.74 Å². The highest BCUT2D eigenvalue weighted by molar-refractivity contribution is 5.79. The van der Waals surface area contributed by atoms with Gasteiger partial charge in [-0.1, -0.05) is 0 Å². The molecule has 0 aromatic heterocycles. The van der Waals surface area contributed by atoms with Gasteiger partial charge in [0.15, 0.2) is 0 Å². The number of rotatable bonds is 1. The van der Waals surface area contributed by atoms with Gasteiger partial charge in [-0.2, -0.15) is 0 Å². The molecule has 0 saturated heterocycles. The van der Waals surface area contributed by atoms with E-state index in [1.54, 1.807) is 0 Å². The largest absolute Gasteiger partial charge is 0.460 e. The number of ether oxygens (including phenoxy) is 1. The van der Waals surface area contributed by atoms with Crippen molar-refractivity contribution in [3.63, 3.8) is 0 Å². The Morgan fingerprint density at radius 3 is 2.09 bits per heavy atom. The van der Waals surface area contributed by atoms with Crippen molar-refractivity contribution < 1.29 is 9.53 Å². The van der Waals surface area contributed by atoms with Crippen molar-refractivity contribution in [3.8, 4) is 0 Å². The molecule has 0 heterocycles. The summed E-state index contributed by atoms with van der Waals surface area (Å²) in [7, 11) is 0. The van der Waals surface area contributed by atoms with Gasteiger partial charge in [-0.05, 0) is 40.5 Å². The SMILES string of the molecule is CC(C)(C)OC(=O)C1(C)CC1. The smallest absolute Gasteiger partial charge is 0.312 e. The summed E-state index contributed by atoms with van der Waals surface area (Å²) < 4.78 is 5.23. The first-order chi connectivity index (χ1) is 4.83. The number of hydrogen-bond donors (Lipinski definition) is 0. The summed E-state index contributed by atoms with van der Waals surface area (Å²) >= 11 is 0. The summed E-state index contributed by atoms with van der Waals surface area (Å²) in [6, 6.07) is 0. The van der Waals surface area contributed by atoms with E-state index in [2.05, 4.69) is 0 Å². The van der Waals surface area contributed by atoms with Gasteiger partial charge in [-0.15, -0.1) is 0 Å². The van der Waals surface area contributed by atoms with E-state index in [9.17, 15) is 4.79 Å². The highest BCUT2D eigenvalue weighted by Crippen LogP contribution is 2.46. The summed E-state index contributed by atoms with van der Waals surface area (Å²) in [5.74, 6) is -0.0370. The quantitative estimate of drug-likeness (QED) is 0.543. The van der Waals surface area contributed by atoms with Crippen LogP contribution in [-0.4, -0.2) is 11.6 Å². The Labute approximate surface area is 67.9 Å². The topological polar surface area (TPSA) is 26.3 Å². The van der Waals surface area contributed by atoms with Gasteiger partial charge in [0.2, 0.25) is 0 Å². The maximum atomic E-state index is 11.3. The Kier molecular flexibility index (Phi) is 1.73. The zero-order valence-corrected chi connectivity index (χ0v) is 7.73. The number of hydrogen-bond acceptors (Lipinski definition) is 2. The molecule has 0 aromatic rings. The summed E-state index contributed by atoms with van der Waals surface area (Å²) in [4.78, 5) is 11.3. The van der Waals surface area contributed by atoms with E-state index >= 15 is 0 Å². The molecule has 11 heavy (non-hydrogen) atoms. The summed E-state index contributed by atoms with van der Waals surface area (Å²) in [5.41, 5.74) is -0.476. The molecule has 0 radical (unpaired) electrons. The van der Waals surface area contributed by atoms with Gasteiger partial charge in [0.05, 0.1) is 5.41 Å². The first kappa shape index (κ1) is 8.57. The van der Waals surface area contributed by atoms with Crippen molar-refractivity contribution in [1.29, 1.82) is 0 Å². The Morgan fingerprint density at radius 1 is 1.36 bits per heavy atom. The minimum absolute atomic E-state index is 0.0370. The standard InChI is InChI=1S/C9H16O2/c1-8(2,3)11-7(10)9(4)5-6-9/h5-6H2,1-4H3. The highest BCUT2D eigenvalue weighted by atomic mass is 16.6. The molecule has 64 valence electrons. The Balaban J connectivity index is 2.45. The second-order valence-electron chi connectivity index (χ2n) is 4.56. The molecule has 0 N–H and O–H groups in total. The second kappa shape index (κ2) is 2.23. The van der Waals surface area contributed by atoms with Crippen LogP contribution >= 0.6 is 0 Å². The van der Waals surface area contributed by atoms with Crippen molar-refractivity contribution in [2.45, 2.75) is 46.1 Å². The first-order valence-corrected chi connectivity index (χ1v) is 4.07. The minimum Gasteiger partial charge on any atom is -0.460 e. The molecule has 1 fully saturated rings. The highest BCUT2D eigenvalue weighted by Gasteiger charge is 2.47. The van der Waals surface area contributed by atoms with Crippen LogP contribution < -0.4 is 0 Å². The monoisotopic (exact) mass is 156 g/mol. The second-order valence-corrected chi connectivity index (χ2v) is 4.56. The van der Waals surface area contributed by atoms with Crippen LogP contribution in [0.15, 0.2) is 0 Å². The van der Waals surface area contributed by atoms with E-state index in [1.165, 1.54) is 0 Å². The number of esters is 1. The van der Waals surface area contributed by atoms with Crippen LogP contribution in [0, 0.1) is 5.41 Å². The molecule has 0 aliphatic heterocycles. The van der Waals surface area contributed by atoms with E-state index in [1.807, 2.05) is 27.7 Å². The fraction of sp³-hybridized carbons (Fsp3) is 0.889. The fourth-order valence-electron chi connectivity index (χ4n) is 0.793. The van der Waals surface area contributed by atoms with Crippen LogP contribution in [0.2, 0.25) is 0 Å². The molecule has 1 rings (SSSR count). The zero-order valence-electron chi connectivity index (χ0n) is 7.73. The predicted octanol–water partition coefficient (Wildman–Crippen LogP) is 2.13. The van der Waals surface area contributed by atoms with Gasteiger partial charge in [-0.3, -0.25) is 4.79 Å². The van der Waals surface area contributed by atoms with Crippen LogP contribution in [0.4, 0.5) is 0 Å². The maximum Gasteiger partial charge on any atom is 0.312 e. The molecule has 0 aromatic carbocycles. The van der Waals surface area contributed by atoms with Crippen molar-refractivity contribution in [2.24, 2.45) is 5.41 Å². The molecule has 2 heteroatoms. The summed E-state index contributed by atoms with van der Waals surface area (Å²) in [6.45, 7) is 7.66. The van der Waals surface area contributed by atoms with Crippen LogP contribution in [0.3, 0.4) is 0 Å². The molecule has 0 amide bonds. The third kappa shape index (κ3) is 2.21. The maximum absolute atomic E-state index is 11.3. The lowest BCUT2D eigenvalue weighted by molar-refractivity contribution is -0.160. The predicted molar refractivity (Wildman–Crippen MR) is 43.2 cm³/mol. The van der Waals surface area contributed by atoms with E-state index in [4.69, 9.17) is 4.74 Å². The molecule has 0 bridgehead atoms. The van der Waals surface area contributed by atoms with E-state index in [0.717, 1.165) is 12.8 Å². The molecule has 0 unspecified atom stereocenters. The Morgan fingerprint density at radius 2 is 1.82 bits per heavy atom. The summed E-state index contributed by atoms with van der Waals surface area (Å²) in [5, 5.41) is 0. The van der Waals surface area contributed by atoms with Gasteiger partial charge in [0, 0.05) is 0 Å². The lowest BCUT2D eigenvalue weighted by Crippen LogP contribution is -2.28. The van der Waals surface area contributed by atoms with E-state index in [-0.39, 0.29) is 17.0 Å². The normalized spacial score (nSPS) is 21.1. The average Bonchev–Trinajstić information content (AvgIpc) is 2.44. The van der Waals surface area contributed by atoms with Gasteiger partial charge in [0.1, 0.15) is 5.60 Å². The van der Waals surface area contributed by atoms with Crippen LogP contribution in [0.1, 0.15) is 40.5 Å². The molecule has 1 aliphatic rings. The van der Waals surface area contributed by atoms with Crippen molar-refractivity contribution in [3.05, 3.63) is 0 Å². The average molecular weight is 156 g/mol. The molecule has 0 spiro atoms. The van der Waals surface area contributed by atoms with Crippen LogP contribution in [-0.2, 0) is 9.53 Å². The third-order valence-electron chi connectivity index (χ3n) is 1.89. The lowest BCUT2D eigenvalue weighted by atomic mass is 10.1. The van der Waals surface area contributed by atoms with Crippen molar-refractivity contribution in [2.75, 3.05) is 0 Å². The van der Waals surface area contributed by atoms with E-state index in [0.29, 0.717) is 0 Å². The molecular formula is C9H16O2. The molecule has 0 atom stereocenters. The van der Waals surface area contributed by atoms with Crippen LogP contribution in [0.5, 0.6) is 0 Å². The summed E-state index contributed by atoms with van der Waals surface area (Å²) in [6.07, 6.45) is 1.98. The molecular weight excluding hydrogens is 140 g/mol. The minimum atomic E-state index is -0.331.